The lowest BCUT2D eigenvalue weighted by molar-refractivity contribution is 0.104. The highest BCUT2D eigenvalue weighted by atomic mass is 127. The number of carbonyl (C=O) groups excluding carboxylic acids is 1. The van der Waals surface area contributed by atoms with Gasteiger partial charge >= 0.3 is 0 Å². The van der Waals surface area contributed by atoms with Crippen molar-refractivity contribution >= 4 is 57.7 Å². The first kappa shape index (κ1) is 20.0. The molecular formula is C21H14BrIO3S. The van der Waals surface area contributed by atoms with Crippen molar-refractivity contribution in [2.75, 3.05) is 0 Å². The Labute approximate surface area is 180 Å². The third kappa shape index (κ3) is 4.39. The fraction of sp³-hybridized carbons (Fsp3) is 0. The lowest BCUT2D eigenvalue weighted by atomic mass is 10.1. The summed E-state index contributed by atoms with van der Waals surface area (Å²) in [6, 6.07) is 23.7. The fourth-order valence-corrected chi connectivity index (χ4v) is 5.85. The summed E-state index contributed by atoms with van der Waals surface area (Å²) >= 11 is 5.34. The molecule has 3 nitrogen and oxygen atoms in total. The van der Waals surface area contributed by atoms with Gasteiger partial charge in [0.15, 0.2) is 0 Å². The van der Waals surface area contributed by atoms with E-state index in [9.17, 15) is 13.2 Å². The number of rotatable bonds is 5. The molecule has 0 unspecified atom stereocenters. The van der Waals surface area contributed by atoms with Crippen molar-refractivity contribution in [3.63, 3.8) is 0 Å². The SMILES string of the molecule is O=C(/C(=C(\I)c1cccc(Br)c1)S(=O)(=O)c1ccccc1)c1ccccc1. The van der Waals surface area contributed by atoms with Crippen LogP contribution in [0, 0.1) is 0 Å². The number of ketones is 1. The van der Waals surface area contributed by atoms with Crippen LogP contribution in [0.3, 0.4) is 0 Å². The average Bonchev–Trinajstić information content (AvgIpc) is 2.69. The van der Waals surface area contributed by atoms with Crippen LogP contribution in [0.2, 0.25) is 0 Å². The summed E-state index contributed by atoms with van der Waals surface area (Å²) in [5, 5.41) is 0. The van der Waals surface area contributed by atoms with Crippen LogP contribution in [-0.2, 0) is 9.84 Å². The van der Waals surface area contributed by atoms with Gasteiger partial charge in [-0.3, -0.25) is 4.79 Å². The lowest BCUT2D eigenvalue weighted by Crippen LogP contribution is -2.15. The average molecular weight is 553 g/mol. The second-order valence-electron chi connectivity index (χ2n) is 5.67. The Bertz CT molecular complexity index is 1110. The topological polar surface area (TPSA) is 51.2 Å². The normalized spacial score (nSPS) is 12.4. The number of benzene rings is 3. The van der Waals surface area contributed by atoms with E-state index in [1.54, 1.807) is 66.7 Å². The van der Waals surface area contributed by atoms with Crippen LogP contribution in [0.15, 0.2) is 99.2 Å². The van der Waals surface area contributed by atoms with E-state index in [4.69, 9.17) is 0 Å². The standard InChI is InChI=1S/C21H14BrIO3S/c22-17-11-7-10-16(14-17)19(23)21(20(24)15-8-3-1-4-9-15)27(25,26)18-12-5-2-6-13-18/h1-14H/b21-19+. The molecule has 0 N–H and O–H groups in total. The highest BCUT2D eigenvalue weighted by Crippen LogP contribution is 2.35. The quantitative estimate of drug-likeness (QED) is 0.225. The highest BCUT2D eigenvalue weighted by Gasteiger charge is 2.31. The van der Waals surface area contributed by atoms with E-state index in [1.165, 1.54) is 12.1 Å². The summed E-state index contributed by atoms with van der Waals surface area (Å²) in [7, 11) is -4.00. The smallest absolute Gasteiger partial charge is 0.211 e. The van der Waals surface area contributed by atoms with Crippen molar-refractivity contribution in [2.45, 2.75) is 4.90 Å². The van der Waals surface area contributed by atoms with Gasteiger partial charge in [-0.2, -0.15) is 0 Å². The Morgan fingerprint density at radius 3 is 1.93 bits per heavy atom. The molecule has 0 aliphatic rings. The third-order valence-electron chi connectivity index (χ3n) is 3.84. The maximum atomic E-state index is 13.4. The fourth-order valence-electron chi connectivity index (χ4n) is 2.53. The molecule has 0 aromatic heterocycles. The zero-order valence-corrected chi connectivity index (χ0v) is 18.5. The Morgan fingerprint density at radius 1 is 0.778 bits per heavy atom. The maximum absolute atomic E-state index is 13.4. The molecule has 0 heterocycles. The Hall–Kier alpha value is -1.77. The number of allylic oxidation sites excluding steroid dienone is 1. The second-order valence-corrected chi connectivity index (χ2v) is 9.55. The summed E-state index contributed by atoms with van der Waals surface area (Å²) in [5.74, 6) is -0.524. The van der Waals surface area contributed by atoms with Crippen molar-refractivity contribution in [1.82, 2.24) is 0 Å². The molecule has 3 aromatic carbocycles. The second kappa shape index (κ2) is 8.50. The summed E-state index contributed by atoms with van der Waals surface area (Å²) < 4.78 is 27.9. The van der Waals surface area contributed by atoms with Crippen molar-refractivity contribution < 1.29 is 13.2 Å². The highest BCUT2D eigenvalue weighted by molar-refractivity contribution is 14.1. The van der Waals surface area contributed by atoms with Gasteiger partial charge in [0, 0.05) is 13.6 Å². The van der Waals surface area contributed by atoms with Gasteiger partial charge < -0.3 is 0 Å². The molecule has 0 saturated carbocycles. The van der Waals surface area contributed by atoms with Gasteiger partial charge in [-0.05, 0) is 52.4 Å². The number of halogens is 2. The molecule has 0 radical (unpaired) electrons. The number of sulfone groups is 1. The first-order valence-corrected chi connectivity index (χ1v) is 11.3. The first-order chi connectivity index (χ1) is 12.9. The molecule has 0 bridgehead atoms. The van der Waals surface area contributed by atoms with E-state index in [0.29, 0.717) is 14.7 Å². The van der Waals surface area contributed by atoms with Crippen LogP contribution in [0.4, 0.5) is 0 Å². The van der Waals surface area contributed by atoms with E-state index >= 15 is 0 Å². The van der Waals surface area contributed by atoms with Crippen LogP contribution >= 0.6 is 38.5 Å². The molecule has 0 fully saturated rings. The number of Topliss-reactive ketones (excluding diaryl/α,β-unsaturated/α-hetero) is 1. The van der Waals surface area contributed by atoms with E-state index in [-0.39, 0.29) is 9.80 Å². The Morgan fingerprint density at radius 2 is 1.33 bits per heavy atom. The van der Waals surface area contributed by atoms with Crippen LogP contribution in [0.1, 0.15) is 15.9 Å². The molecule has 0 atom stereocenters. The van der Waals surface area contributed by atoms with Crippen molar-refractivity contribution in [1.29, 1.82) is 0 Å². The van der Waals surface area contributed by atoms with Gasteiger partial charge in [0.2, 0.25) is 15.6 Å². The lowest BCUT2D eigenvalue weighted by Gasteiger charge is -2.12. The minimum Gasteiger partial charge on any atom is -0.288 e. The predicted octanol–water partition coefficient (Wildman–Crippen LogP) is 5.91. The van der Waals surface area contributed by atoms with E-state index < -0.39 is 15.6 Å². The van der Waals surface area contributed by atoms with Crippen LogP contribution < -0.4 is 0 Å². The van der Waals surface area contributed by atoms with Crippen LogP contribution in [0.5, 0.6) is 0 Å². The summed E-state index contributed by atoms with van der Waals surface area (Å²) in [6.07, 6.45) is 0. The summed E-state index contributed by atoms with van der Waals surface area (Å²) in [6.45, 7) is 0. The van der Waals surface area contributed by atoms with Gasteiger partial charge in [0.25, 0.3) is 0 Å². The monoisotopic (exact) mass is 552 g/mol. The minimum absolute atomic E-state index is 0.0912. The Kier molecular flexibility index (Phi) is 6.29. The zero-order valence-electron chi connectivity index (χ0n) is 14.0. The number of carbonyl (C=O) groups is 1. The molecule has 3 aromatic rings. The summed E-state index contributed by atoms with van der Waals surface area (Å²) in [4.78, 5) is 13.1. The molecule has 0 saturated heterocycles. The third-order valence-corrected chi connectivity index (χ3v) is 7.68. The summed E-state index contributed by atoms with van der Waals surface area (Å²) in [5.41, 5.74) is 0.986. The van der Waals surface area contributed by atoms with Gasteiger partial charge in [-0.25, -0.2) is 8.42 Å². The molecule has 27 heavy (non-hydrogen) atoms. The zero-order chi connectivity index (χ0) is 19.4. The minimum atomic E-state index is -4.00. The van der Waals surface area contributed by atoms with E-state index in [0.717, 1.165) is 4.47 Å². The van der Waals surface area contributed by atoms with E-state index in [2.05, 4.69) is 15.9 Å². The van der Waals surface area contributed by atoms with Crippen LogP contribution in [-0.4, -0.2) is 14.2 Å². The van der Waals surface area contributed by atoms with Gasteiger partial charge in [-0.15, -0.1) is 0 Å². The molecule has 0 spiro atoms. The molecule has 136 valence electrons. The molecule has 0 aliphatic heterocycles. The molecule has 3 rings (SSSR count). The first-order valence-electron chi connectivity index (χ1n) is 7.97. The predicted molar refractivity (Wildman–Crippen MR) is 119 cm³/mol. The maximum Gasteiger partial charge on any atom is 0.211 e. The Balaban J connectivity index is 2.27. The van der Waals surface area contributed by atoms with Crippen molar-refractivity contribution in [3.05, 3.63) is 105 Å². The largest absolute Gasteiger partial charge is 0.288 e. The van der Waals surface area contributed by atoms with Gasteiger partial charge in [0.1, 0.15) is 4.91 Å². The van der Waals surface area contributed by atoms with E-state index in [1.807, 2.05) is 28.7 Å². The van der Waals surface area contributed by atoms with Crippen molar-refractivity contribution in [2.24, 2.45) is 0 Å². The number of hydrogen-bond donors (Lipinski definition) is 0. The van der Waals surface area contributed by atoms with Crippen LogP contribution in [0.25, 0.3) is 3.58 Å². The molecule has 6 heteroatoms. The van der Waals surface area contributed by atoms with Gasteiger partial charge in [-0.1, -0.05) is 76.6 Å². The van der Waals surface area contributed by atoms with Gasteiger partial charge in [0.05, 0.1) is 4.90 Å². The molecule has 0 aliphatic carbocycles. The molecule has 0 amide bonds. The van der Waals surface area contributed by atoms with Crippen molar-refractivity contribution in [3.8, 4) is 0 Å². The number of hydrogen-bond acceptors (Lipinski definition) is 3. The molecular weight excluding hydrogens is 539 g/mol.